The fourth-order valence-corrected chi connectivity index (χ4v) is 2.49. The minimum absolute atomic E-state index is 0.738. The number of nitrogens with zero attached hydrogens (tertiary/aromatic N) is 2. The second-order valence-electron chi connectivity index (χ2n) is 4.98. The zero-order valence-electron chi connectivity index (χ0n) is 13.0. The van der Waals surface area contributed by atoms with Gasteiger partial charge in [-0.25, -0.2) is 0 Å². The summed E-state index contributed by atoms with van der Waals surface area (Å²) in [6.45, 7) is 2.11. The molecular weight excluding hydrogens is 276 g/mol. The smallest absolute Gasteiger partial charge is 0.137 e. The average molecular weight is 294 g/mol. The van der Waals surface area contributed by atoms with E-state index in [9.17, 15) is 0 Å². The Morgan fingerprint density at radius 1 is 0.909 bits per heavy atom. The van der Waals surface area contributed by atoms with E-state index in [4.69, 9.17) is 14.5 Å². The van der Waals surface area contributed by atoms with Crippen LogP contribution in [0.3, 0.4) is 0 Å². The SMILES string of the molecule is CCc1nc(-c2ccc(OC)cn2)cc2cc(OC)ccc12. The highest BCUT2D eigenvalue weighted by molar-refractivity contribution is 5.88. The fraction of sp³-hybridized carbons (Fsp3) is 0.222. The normalized spacial score (nSPS) is 10.7. The quantitative estimate of drug-likeness (QED) is 0.732. The van der Waals surface area contributed by atoms with E-state index in [-0.39, 0.29) is 0 Å². The lowest BCUT2D eigenvalue weighted by atomic mass is 10.1. The van der Waals surface area contributed by atoms with Gasteiger partial charge in [0.1, 0.15) is 11.5 Å². The van der Waals surface area contributed by atoms with Gasteiger partial charge in [0.15, 0.2) is 0 Å². The molecule has 0 saturated carbocycles. The van der Waals surface area contributed by atoms with E-state index in [1.165, 1.54) is 0 Å². The molecule has 0 amide bonds. The van der Waals surface area contributed by atoms with E-state index >= 15 is 0 Å². The topological polar surface area (TPSA) is 44.2 Å². The molecule has 2 aromatic heterocycles. The Morgan fingerprint density at radius 2 is 1.68 bits per heavy atom. The van der Waals surface area contributed by atoms with Crippen molar-refractivity contribution < 1.29 is 9.47 Å². The molecule has 0 atom stereocenters. The van der Waals surface area contributed by atoms with E-state index in [1.54, 1.807) is 20.4 Å². The van der Waals surface area contributed by atoms with Gasteiger partial charge < -0.3 is 9.47 Å². The minimum atomic E-state index is 0.738. The Kier molecular flexibility index (Phi) is 3.92. The highest BCUT2D eigenvalue weighted by Crippen LogP contribution is 2.28. The number of aromatic nitrogens is 2. The van der Waals surface area contributed by atoms with Gasteiger partial charge in [-0.3, -0.25) is 9.97 Å². The van der Waals surface area contributed by atoms with Gasteiger partial charge in [0.05, 0.1) is 31.8 Å². The van der Waals surface area contributed by atoms with Gasteiger partial charge in [-0.2, -0.15) is 0 Å². The van der Waals surface area contributed by atoms with Gasteiger partial charge in [-0.1, -0.05) is 6.92 Å². The van der Waals surface area contributed by atoms with Crippen LogP contribution in [0.15, 0.2) is 42.6 Å². The predicted octanol–water partition coefficient (Wildman–Crippen LogP) is 3.88. The molecule has 1 aromatic carbocycles. The van der Waals surface area contributed by atoms with Crippen LogP contribution in [0, 0.1) is 0 Å². The lowest BCUT2D eigenvalue weighted by molar-refractivity contribution is 0.413. The summed E-state index contributed by atoms with van der Waals surface area (Å²) in [5.41, 5.74) is 2.76. The summed E-state index contributed by atoms with van der Waals surface area (Å²) < 4.78 is 10.5. The third-order valence-corrected chi connectivity index (χ3v) is 3.69. The molecule has 0 bridgehead atoms. The van der Waals surface area contributed by atoms with Crippen molar-refractivity contribution in [2.24, 2.45) is 0 Å². The highest BCUT2D eigenvalue weighted by Gasteiger charge is 2.09. The molecule has 4 nitrogen and oxygen atoms in total. The van der Waals surface area contributed by atoms with Gasteiger partial charge in [0.25, 0.3) is 0 Å². The number of hydrogen-bond acceptors (Lipinski definition) is 4. The van der Waals surface area contributed by atoms with Crippen LogP contribution in [-0.2, 0) is 6.42 Å². The molecule has 0 aliphatic rings. The lowest BCUT2D eigenvalue weighted by Gasteiger charge is -2.09. The van der Waals surface area contributed by atoms with Crippen LogP contribution in [0.4, 0.5) is 0 Å². The third-order valence-electron chi connectivity index (χ3n) is 3.69. The molecule has 22 heavy (non-hydrogen) atoms. The second kappa shape index (κ2) is 6.02. The molecule has 0 fully saturated rings. The van der Waals surface area contributed by atoms with Crippen LogP contribution >= 0.6 is 0 Å². The summed E-state index contributed by atoms with van der Waals surface area (Å²) >= 11 is 0. The molecule has 0 aliphatic carbocycles. The van der Waals surface area contributed by atoms with Crippen LogP contribution in [0.2, 0.25) is 0 Å². The second-order valence-corrected chi connectivity index (χ2v) is 4.98. The number of hydrogen-bond donors (Lipinski definition) is 0. The van der Waals surface area contributed by atoms with Crippen LogP contribution < -0.4 is 9.47 Å². The number of rotatable bonds is 4. The van der Waals surface area contributed by atoms with Crippen LogP contribution in [0.5, 0.6) is 11.5 Å². The Morgan fingerprint density at radius 3 is 2.32 bits per heavy atom. The van der Waals surface area contributed by atoms with Crippen molar-refractivity contribution in [2.45, 2.75) is 13.3 Å². The van der Waals surface area contributed by atoms with Crippen molar-refractivity contribution >= 4 is 10.8 Å². The predicted molar refractivity (Wildman–Crippen MR) is 87.5 cm³/mol. The Hall–Kier alpha value is -2.62. The van der Waals surface area contributed by atoms with Crippen molar-refractivity contribution in [2.75, 3.05) is 14.2 Å². The van der Waals surface area contributed by atoms with Gasteiger partial charge in [-0.15, -0.1) is 0 Å². The zero-order chi connectivity index (χ0) is 15.5. The van der Waals surface area contributed by atoms with Crippen LogP contribution in [0.1, 0.15) is 12.6 Å². The first kappa shape index (κ1) is 14.3. The Bertz CT molecular complexity index is 798. The van der Waals surface area contributed by atoms with E-state index in [1.807, 2.05) is 30.3 Å². The maximum Gasteiger partial charge on any atom is 0.137 e. The van der Waals surface area contributed by atoms with Crippen molar-refractivity contribution in [3.63, 3.8) is 0 Å². The van der Waals surface area contributed by atoms with E-state index in [0.717, 1.165) is 45.8 Å². The first-order chi connectivity index (χ1) is 10.7. The molecular formula is C18H18N2O2. The molecule has 0 N–H and O–H groups in total. The molecule has 0 aliphatic heterocycles. The van der Waals surface area contributed by atoms with Crippen molar-refractivity contribution in [3.05, 3.63) is 48.3 Å². The van der Waals surface area contributed by atoms with Crippen molar-refractivity contribution in [3.8, 4) is 22.9 Å². The first-order valence-electron chi connectivity index (χ1n) is 7.23. The number of methoxy groups -OCH3 is 2. The summed E-state index contributed by atoms with van der Waals surface area (Å²) in [4.78, 5) is 9.18. The largest absolute Gasteiger partial charge is 0.497 e. The Balaban J connectivity index is 2.16. The molecule has 0 radical (unpaired) electrons. The number of aryl methyl sites for hydroxylation is 1. The van der Waals surface area contributed by atoms with E-state index < -0.39 is 0 Å². The summed E-state index contributed by atoms with van der Waals surface area (Å²) in [6.07, 6.45) is 2.57. The molecule has 112 valence electrons. The number of fused-ring (bicyclic) bond motifs is 1. The number of ether oxygens (including phenoxy) is 2. The third kappa shape index (κ3) is 2.60. The van der Waals surface area contributed by atoms with E-state index in [0.29, 0.717) is 0 Å². The monoisotopic (exact) mass is 294 g/mol. The molecule has 0 unspecified atom stereocenters. The van der Waals surface area contributed by atoms with Crippen LogP contribution in [0.25, 0.3) is 22.2 Å². The minimum Gasteiger partial charge on any atom is -0.497 e. The van der Waals surface area contributed by atoms with Crippen molar-refractivity contribution in [1.82, 2.24) is 9.97 Å². The maximum absolute atomic E-state index is 5.32. The standard InChI is InChI=1S/C18H18N2O2/c1-4-16-15-7-5-13(21-2)9-12(15)10-18(20-16)17-8-6-14(22-3)11-19-17/h5-11H,4H2,1-3H3. The zero-order valence-corrected chi connectivity index (χ0v) is 13.0. The molecule has 3 rings (SSSR count). The fourth-order valence-electron chi connectivity index (χ4n) is 2.49. The Labute approximate surface area is 129 Å². The van der Waals surface area contributed by atoms with Crippen molar-refractivity contribution in [1.29, 1.82) is 0 Å². The van der Waals surface area contributed by atoms with Gasteiger partial charge in [0, 0.05) is 11.1 Å². The van der Waals surface area contributed by atoms with Gasteiger partial charge in [-0.05, 0) is 48.2 Å². The highest BCUT2D eigenvalue weighted by atomic mass is 16.5. The van der Waals surface area contributed by atoms with Gasteiger partial charge in [0.2, 0.25) is 0 Å². The van der Waals surface area contributed by atoms with Crippen LogP contribution in [-0.4, -0.2) is 24.2 Å². The summed E-state index contributed by atoms with van der Waals surface area (Å²) in [6, 6.07) is 11.9. The molecule has 0 saturated heterocycles. The summed E-state index contributed by atoms with van der Waals surface area (Å²) in [5.74, 6) is 1.58. The summed E-state index contributed by atoms with van der Waals surface area (Å²) in [7, 11) is 3.31. The maximum atomic E-state index is 5.32. The lowest BCUT2D eigenvalue weighted by Crippen LogP contribution is -1.95. The number of benzene rings is 1. The molecule has 2 heterocycles. The summed E-state index contributed by atoms with van der Waals surface area (Å²) in [5, 5.41) is 2.26. The van der Waals surface area contributed by atoms with Gasteiger partial charge >= 0.3 is 0 Å². The average Bonchev–Trinajstić information content (AvgIpc) is 2.60. The molecule has 0 spiro atoms. The molecule has 4 heteroatoms. The van der Waals surface area contributed by atoms with E-state index in [2.05, 4.69) is 18.0 Å². The molecule has 3 aromatic rings. The first-order valence-corrected chi connectivity index (χ1v) is 7.23. The number of pyridine rings is 2.